The van der Waals surface area contributed by atoms with Crippen molar-refractivity contribution in [2.45, 2.75) is 47.0 Å². The molecule has 2 nitrogen and oxygen atoms in total. The zero-order chi connectivity index (χ0) is 15.0. The number of aryl methyl sites for hydroxylation is 1. The Morgan fingerprint density at radius 3 is 2.65 bits per heavy atom. The third-order valence-corrected chi connectivity index (χ3v) is 5.71. The first-order valence-corrected chi connectivity index (χ1v) is 8.44. The van der Waals surface area contributed by atoms with E-state index in [9.17, 15) is 4.79 Å². The van der Waals surface area contributed by atoms with Crippen LogP contribution >= 0.6 is 22.9 Å². The zero-order valence-electron chi connectivity index (χ0n) is 12.8. The molecule has 2 rings (SSSR count). The molecular weight excluding hydrogens is 290 g/mol. The molecule has 1 fully saturated rings. The minimum Gasteiger partial charge on any atom is -0.316 e. The van der Waals surface area contributed by atoms with E-state index in [-0.39, 0.29) is 16.6 Å². The molecule has 1 aliphatic rings. The van der Waals surface area contributed by atoms with Crippen LogP contribution < -0.4 is 5.32 Å². The monoisotopic (exact) mass is 313 g/mol. The van der Waals surface area contributed by atoms with Crippen LogP contribution in [0.4, 0.5) is 0 Å². The topological polar surface area (TPSA) is 29.1 Å². The summed E-state index contributed by atoms with van der Waals surface area (Å²) in [7, 11) is 0. The third-order valence-electron chi connectivity index (χ3n) is 4.16. The van der Waals surface area contributed by atoms with Crippen LogP contribution in [-0.4, -0.2) is 18.9 Å². The first-order chi connectivity index (χ1) is 9.23. The molecule has 0 aliphatic carbocycles. The Labute approximate surface area is 130 Å². The van der Waals surface area contributed by atoms with Crippen LogP contribution in [0.5, 0.6) is 0 Å². The number of thiophene rings is 1. The molecule has 0 aromatic carbocycles. The summed E-state index contributed by atoms with van der Waals surface area (Å²) in [5, 5.41) is 4.09. The predicted molar refractivity (Wildman–Crippen MR) is 87.0 cm³/mol. The van der Waals surface area contributed by atoms with Gasteiger partial charge in [-0.1, -0.05) is 32.4 Å². The maximum Gasteiger partial charge on any atom is 0.180 e. The lowest BCUT2D eigenvalue weighted by molar-refractivity contribution is 0.0788. The molecule has 1 atom stereocenters. The van der Waals surface area contributed by atoms with Crippen molar-refractivity contribution < 1.29 is 4.79 Å². The predicted octanol–water partition coefficient (Wildman–Crippen LogP) is 4.70. The van der Waals surface area contributed by atoms with Gasteiger partial charge in [0.1, 0.15) is 0 Å². The van der Waals surface area contributed by atoms with Crippen molar-refractivity contribution in [3.05, 3.63) is 20.8 Å². The van der Waals surface area contributed by atoms with E-state index >= 15 is 0 Å². The van der Waals surface area contributed by atoms with E-state index in [2.05, 4.69) is 26.1 Å². The standard InChI is InChI=1S/C16H24ClNOS/c1-11-12(17)9-13(20-11)14(19)16(7-8-18-10-16)6-5-15(2,3)4/h9,18H,5-8,10H2,1-4H3. The summed E-state index contributed by atoms with van der Waals surface area (Å²) < 4.78 is 0. The first kappa shape index (κ1) is 16.0. The van der Waals surface area contributed by atoms with Crippen LogP contribution in [0.1, 0.15) is 54.6 Å². The summed E-state index contributed by atoms with van der Waals surface area (Å²) in [4.78, 5) is 14.8. The van der Waals surface area contributed by atoms with Gasteiger partial charge in [-0.15, -0.1) is 11.3 Å². The number of Topliss-reactive ketones (excluding diaryl/α,β-unsaturated/α-hetero) is 1. The summed E-state index contributed by atoms with van der Waals surface area (Å²) in [6.07, 6.45) is 2.96. The Hall–Kier alpha value is -0.380. The molecular formula is C16H24ClNOS. The molecule has 0 amide bonds. The molecule has 1 saturated heterocycles. The molecule has 2 heterocycles. The van der Waals surface area contributed by atoms with Crippen molar-refractivity contribution in [1.29, 1.82) is 0 Å². The Morgan fingerprint density at radius 1 is 1.50 bits per heavy atom. The summed E-state index contributed by atoms with van der Waals surface area (Å²) in [6, 6.07) is 1.85. The molecule has 1 N–H and O–H groups in total. The average molecular weight is 314 g/mol. The number of halogens is 1. The Bertz CT molecular complexity index is 476. The fourth-order valence-electron chi connectivity index (χ4n) is 2.71. The SMILES string of the molecule is Cc1sc(C(=O)C2(CCC(C)(C)C)CCNC2)cc1Cl. The summed E-state index contributed by atoms with van der Waals surface area (Å²) in [5.41, 5.74) is 0.0345. The van der Waals surface area contributed by atoms with Gasteiger partial charge in [-0.2, -0.15) is 0 Å². The number of carbonyl (C=O) groups is 1. The molecule has 4 heteroatoms. The number of carbonyl (C=O) groups excluding carboxylic acids is 1. The molecule has 20 heavy (non-hydrogen) atoms. The molecule has 1 unspecified atom stereocenters. The second-order valence-electron chi connectivity index (χ2n) is 7.11. The van der Waals surface area contributed by atoms with Crippen molar-refractivity contribution in [1.82, 2.24) is 5.32 Å². The van der Waals surface area contributed by atoms with Crippen LogP contribution in [0.3, 0.4) is 0 Å². The van der Waals surface area contributed by atoms with Crippen LogP contribution in [0.15, 0.2) is 6.07 Å². The van der Waals surface area contributed by atoms with Crippen LogP contribution in [0, 0.1) is 17.8 Å². The van der Waals surface area contributed by atoms with E-state index in [4.69, 9.17) is 11.6 Å². The summed E-state index contributed by atoms with van der Waals surface area (Å²) in [6.45, 7) is 10.4. The lowest BCUT2D eigenvalue weighted by atomic mass is 9.74. The second-order valence-corrected chi connectivity index (χ2v) is 8.78. The number of ketones is 1. The van der Waals surface area contributed by atoms with Crippen molar-refractivity contribution >= 4 is 28.7 Å². The van der Waals surface area contributed by atoms with E-state index < -0.39 is 0 Å². The van der Waals surface area contributed by atoms with Gasteiger partial charge in [0, 0.05) is 16.8 Å². The molecule has 0 bridgehead atoms. The lowest BCUT2D eigenvalue weighted by Gasteiger charge is -2.30. The quantitative estimate of drug-likeness (QED) is 0.816. The molecule has 0 radical (unpaired) electrons. The molecule has 1 aliphatic heterocycles. The molecule has 112 valence electrons. The molecule has 0 spiro atoms. The minimum atomic E-state index is -0.228. The van der Waals surface area contributed by atoms with Crippen LogP contribution in [-0.2, 0) is 0 Å². The molecule has 1 aromatic rings. The van der Waals surface area contributed by atoms with E-state index in [1.54, 1.807) is 0 Å². The fourth-order valence-corrected chi connectivity index (χ4v) is 3.97. The smallest absolute Gasteiger partial charge is 0.180 e. The van der Waals surface area contributed by atoms with E-state index in [1.165, 1.54) is 11.3 Å². The van der Waals surface area contributed by atoms with Crippen molar-refractivity contribution in [3.63, 3.8) is 0 Å². The lowest BCUT2D eigenvalue weighted by Crippen LogP contribution is -2.34. The maximum absolute atomic E-state index is 13.0. The van der Waals surface area contributed by atoms with Gasteiger partial charge in [0.25, 0.3) is 0 Å². The van der Waals surface area contributed by atoms with E-state index in [1.807, 2.05) is 13.0 Å². The summed E-state index contributed by atoms with van der Waals surface area (Å²) >= 11 is 7.65. The van der Waals surface area contributed by atoms with Crippen LogP contribution in [0.2, 0.25) is 5.02 Å². The average Bonchev–Trinajstić information content (AvgIpc) is 2.94. The molecule has 1 aromatic heterocycles. The largest absolute Gasteiger partial charge is 0.316 e. The third kappa shape index (κ3) is 3.44. The second kappa shape index (κ2) is 5.78. The van der Waals surface area contributed by atoms with E-state index in [0.29, 0.717) is 0 Å². The first-order valence-electron chi connectivity index (χ1n) is 7.25. The highest BCUT2D eigenvalue weighted by Crippen LogP contribution is 2.40. The van der Waals surface area contributed by atoms with Crippen molar-refractivity contribution in [2.75, 3.05) is 13.1 Å². The minimum absolute atomic E-state index is 0.228. The number of nitrogens with one attached hydrogen (secondary N) is 1. The van der Waals surface area contributed by atoms with Gasteiger partial charge in [0.15, 0.2) is 5.78 Å². The number of rotatable bonds is 4. The van der Waals surface area contributed by atoms with Crippen molar-refractivity contribution in [2.24, 2.45) is 10.8 Å². The van der Waals surface area contributed by atoms with Gasteiger partial charge in [-0.05, 0) is 44.2 Å². The van der Waals surface area contributed by atoms with Gasteiger partial charge in [-0.3, -0.25) is 4.79 Å². The number of hydrogen-bond donors (Lipinski definition) is 1. The molecule has 0 saturated carbocycles. The normalized spacial score (nSPS) is 23.2. The van der Waals surface area contributed by atoms with Gasteiger partial charge < -0.3 is 5.32 Å². The highest BCUT2D eigenvalue weighted by Gasteiger charge is 2.42. The Balaban J connectivity index is 2.21. The highest BCUT2D eigenvalue weighted by atomic mass is 35.5. The van der Waals surface area contributed by atoms with Gasteiger partial charge in [0.05, 0.1) is 9.90 Å². The Morgan fingerprint density at radius 2 is 2.20 bits per heavy atom. The fraction of sp³-hybridized carbons (Fsp3) is 0.688. The summed E-state index contributed by atoms with van der Waals surface area (Å²) in [5.74, 6) is 0.284. The van der Waals surface area contributed by atoms with Gasteiger partial charge in [0.2, 0.25) is 0 Å². The van der Waals surface area contributed by atoms with Gasteiger partial charge >= 0.3 is 0 Å². The van der Waals surface area contributed by atoms with Gasteiger partial charge in [-0.25, -0.2) is 0 Å². The van der Waals surface area contributed by atoms with Crippen LogP contribution in [0.25, 0.3) is 0 Å². The highest BCUT2D eigenvalue weighted by molar-refractivity contribution is 7.14. The number of hydrogen-bond acceptors (Lipinski definition) is 3. The zero-order valence-corrected chi connectivity index (χ0v) is 14.4. The van der Waals surface area contributed by atoms with Crippen molar-refractivity contribution in [3.8, 4) is 0 Å². The Kier molecular flexibility index (Phi) is 4.63. The van der Waals surface area contributed by atoms with E-state index in [0.717, 1.165) is 47.1 Å². The maximum atomic E-state index is 13.0.